The molecule has 1 nitrogen and oxygen atoms in total. The Labute approximate surface area is 124 Å². The molecule has 1 heteroatoms. The van der Waals surface area contributed by atoms with E-state index >= 15 is 0 Å². The summed E-state index contributed by atoms with van der Waals surface area (Å²) in [6.45, 7) is 10.8. The molecule has 2 aliphatic rings. The maximum Gasteiger partial charge on any atom is 0.0175 e. The van der Waals surface area contributed by atoms with Crippen molar-refractivity contribution >= 4 is 0 Å². The van der Waals surface area contributed by atoms with Gasteiger partial charge in [-0.15, -0.1) is 0 Å². The molecule has 1 N–H and O–H groups in total. The summed E-state index contributed by atoms with van der Waals surface area (Å²) in [4.78, 5) is 0. The molecule has 0 aromatic heterocycles. The number of nitrogens with one attached hydrogen (secondary N) is 1. The average molecular weight is 271 g/mol. The zero-order chi connectivity index (χ0) is 14.4. The van der Waals surface area contributed by atoms with Crippen molar-refractivity contribution in [2.75, 3.05) is 6.54 Å². The Morgan fingerprint density at radius 2 is 1.95 bits per heavy atom. The number of rotatable bonds is 4. The number of benzene rings is 1. The highest BCUT2D eigenvalue weighted by Crippen LogP contribution is 2.62. The minimum Gasteiger partial charge on any atom is -0.313 e. The molecular formula is C19H29N. The lowest BCUT2D eigenvalue weighted by atomic mass is 9.68. The Kier molecular flexibility index (Phi) is 3.44. The molecular weight excluding hydrogens is 242 g/mol. The lowest BCUT2D eigenvalue weighted by Gasteiger charge is -2.43. The van der Waals surface area contributed by atoms with E-state index in [-0.39, 0.29) is 0 Å². The maximum atomic E-state index is 3.92. The highest BCUT2D eigenvalue weighted by Gasteiger charge is 2.58. The first-order valence-electron chi connectivity index (χ1n) is 8.21. The molecule has 2 bridgehead atoms. The molecule has 0 aliphatic heterocycles. The first kappa shape index (κ1) is 14.1. The molecule has 2 fully saturated rings. The molecule has 20 heavy (non-hydrogen) atoms. The quantitative estimate of drug-likeness (QED) is 0.859. The summed E-state index contributed by atoms with van der Waals surface area (Å²) in [6.07, 6.45) is 5.45. The summed E-state index contributed by atoms with van der Waals surface area (Å²) in [5.41, 5.74) is 3.93. The predicted octanol–water partition coefficient (Wildman–Crippen LogP) is 4.34. The van der Waals surface area contributed by atoms with Gasteiger partial charge in [0.25, 0.3) is 0 Å². The number of fused-ring (bicyclic) bond motifs is 2. The molecule has 0 heterocycles. The van der Waals surface area contributed by atoms with Crippen LogP contribution in [0.3, 0.4) is 0 Å². The van der Waals surface area contributed by atoms with Crippen LogP contribution < -0.4 is 5.32 Å². The fourth-order valence-corrected chi connectivity index (χ4v) is 5.05. The Bertz CT molecular complexity index is 486. The van der Waals surface area contributed by atoms with Crippen LogP contribution in [0.1, 0.15) is 51.2 Å². The van der Waals surface area contributed by atoms with Gasteiger partial charge in [-0.2, -0.15) is 0 Å². The molecule has 1 aromatic carbocycles. The second-order valence-corrected chi connectivity index (χ2v) is 7.98. The van der Waals surface area contributed by atoms with Crippen molar-refractivity contribution in [2.45, 2.75) is 59.4 Å². The standard InChI is InChI=1S/C19H29N/c1-14-7-5-6-8-15(14)10-12-20-17-18(2,3)16-9-11-19(17,4)13-16/h5-8,16-17,20H,9-13H2,1-4H3. The number of hydrogen-bond acceptors (Lipinski definition) is 1. The Morgan fingerprint density at radius 3 is 2.60 bits per heavy atom. The zero-order valence-corrected chi connectivity index (χ0v) is 13.5. The van der Waals surface area contributed by atoms with Gasteiger partial charge in [-0.1, -0.05) is 45.0 Å². The van der Waals surface area contributed by atoms with Gasteiger partial charge in [0, 0.05) is 6.04 Å². The first-order valence-corrected chi connectivity index (χ1v) is 8.21. The van der Waals surface area contributed by atoms with Crippen molar-refractivity contribution in [1.82, 2.24) is 5.32 Å². The molecule has 0 saturated heterocycles. The minimum absolute atomic E-state index is 0.471. The second-order valence-electron chi connectivity index (χ2n) is 7.98. The number of hydrogen-bond donors (Lipinski definition) is 1. The van der Waals surface area contributed by atoms with Gasteiger partial charge in [0.2, 0.25) is 0 Å². The third-order valence-corrected chi connectivity index (χ3v) is 6.27. The third-order valence-electron chi connectivity index (χ3n) is 6.27. The predicted molar refractivity (Wildman–Crippen MR) is 85.9 cm³/mol. The van der Waals surface area contributed by atoms with Crippen molar-refractivity contribution in [2.24, 2.45) is 16.7 Å². The molecule has 1 aromatic rings. The summed E-state index contributed by atoms with van der Waals surface area (Å²) in [5, 5.41) is 3.92. The molecule has 3 atom stereocenters. The van der Waals surface area contributed by atoms with Crippen molar-refractivity contribution in [3.8, 4) is 0 Å². The maximum absolute atomic E-state index is 3.92. The molecule has 0 radical (unpaired) electrons. The van der Waals surface area contributed by atoms with Crippen LogP contribution in [-0.2, 0) is 6.42 Å². The van der Waals surface area contributed by atoms with E-state index in [1.54, 1.807) is 0 Å². The molecule has 2 saturated carbocycles. The van der Waals surface area contributed by atoms with Crippen LogP contribution in [0.25, 0.3) is 0 Å². The van der Waals surface area contributed by atoms with Gasteiger partial charge in [0.05, 0.1) is 0 Å². The van der Waals surface area contributed by atoms with Gasteiger partial charge in [-0.25, -0.2) is 0 Å². The van der Waals surface area contributed by atoms with Gasteiger partial charge >= 0.3 is 0 Å². The summed E-state index contributed by atoms with van der Waals surface area (Å²) in [6, 6.07) is 9.47. The van der Waals surface area contributed by atoms with Gasteiger partial charge in [-0.05, 0) is 67.0 Å². The highest BCUT2D eigenvalue weighted by atomic mass is 15.0. The van der Waals surface area contributed by atoms with Crippen LogP contribution in [0.2, 0.25) is 0 Å². The molecule has 3 rings (SSSR count). The van der Waals surface area contributed by atoms with Crippen molar-refractivity contribution < 1.29 is 0 Å². The van der Waals surface area contributed by atoms with Crippen LogP contribution in [0.5, 0.6) is 0 Å². The largest absolute Gasteiger partial charge is 0.313 e. The van der Waals surface area contributed by atoms with E-state index in [0.717, 1.165) is 18.9 Å². The average Bonchev–Trinajstić information content (AvgIpc) is 2.87. The minimum atomic E-state index is 0.471. The lowest BCUT2D eigenvalue weighted by molar-refractivity contribution is 0.110. The molecule has 3 unspecified atom stereocenters. The topological polar surface area (TPSA) is 12.0 Å². The molecule has 110 valence electrons. The third kappa shape index (κ3) is 2.20. The van der Waals surface area contributed by atoms with Crippen LogP contribution in [0.4, 0.5) is 0 Å². The summed E-state index contributed by atoms with van der Waals surface area (Å²) < 4.78 is 0. The Morgan fingerprint density at radius 1 is 1.20 bits per heavy atom. The smallest absolute Gasteiger partial charge is 0.0175 e. The van der Waals surface area contributed by atoms with Gasteiger partial charge in [0.15, 0.2) is 0 Å². The first-order chi connectivity index (χ1) is 9.43. The van der Waals surface area contributed by atoms with Gasteiger partial charge in [0.1, 0.15) is 0 Å². The van der Waals surface area contributed by atoms with Crippen molar-refractivity contribution in [1.29, 1.82) is 0 Å². The van der Waals surface area contributed by atoms with Crippen LogP contribution in [-0.4, -0.2) is 12.6 Å². The Hall–Kier alpha value is -0.820. The van der Waals surface area contributed by atoms with Crippen LogP contribution in [0.15, 0.2) is 24.3 Å². The highest BCUT2D eigenvalue weighted by molar-refractivity contribution is 5.25. The van der Waals surface area contributed by atoms with Crippen molar-refractivity contribution in [3.63, 3.8) is 0 Å². The normalized spacial score (nSPS) is 34.6. The van der Waals surface area contributed by atoms with Gasteiger partial charge in [-0.3, -0.25) is 0 Å². The van der Waals surface area contributed by atoms with E-state index in [1.165, 1.54) is 30.4 Å². The monoisotopic (exact) mass is 271 g/mol. The van der Waals surface area contributed by atoms with Crippen molar-refractivity contribution in [3.05, 3.63) is 35.4 Å². The van der Waals surface area contributed by atoms with Crippen LogP contribution in [0, 0.1) is 23.7 Å². The molecule has 0 amide bonds. The number of aryl methyl sites for hydroxylation is 1. The molecule has 2 aliphatic carbocycles. The summed E-state index contributed by atoms with van der Waals surface area (Å²) in [7, 11) is 0. The zero-order valence-electron chi connectivity index (χ0n) is 13.5. The Balaban J connectivity index is 1.63. The van der Waals surface area contributed by atoms with E-state index in [0.29, 0.717) is 16.9 Å². The van der Waals surface area contributed by atoms with E-state index in [2.05, 4.69) is 57.3 Å². The lowest BCUT2D eigenvalue weighted by Crippen LogP contribution is -2.50. The fourth-order valence-electron chi connectivity index (χ4n) is 5.05. The van der Waals surface area contributed by atoms with E-state index in [4.69, 9.17) is 0 Å². The SMILES string of the molecule is Cc1ccccc1CCNC1C2(C)CCC(C2)C1(C)C. The molecule has 0 spiro atoms. The summed E-state index contributed by atoms with van der Waals surface area (Å²) in [5.74, 6) is 0.934. The van der Waals surface area contributed by atoms with Crippen LogP contribution >= 0.6 is 0 Å². The van der Waals surface area contributed by atoms with E-state index in [9.17, 15) is 0 Å². The fraction of sp³-hybridized carbons (Fsp3) is 0.684. The summed E-state index contributed by atoms with van der Waals surface area (Å²) >= 11 is 0. The van der Waals surface area contributed by atoms with Gasteiger partial charge < -0.3 is 5.32 Å². The van der Waals surface area contributed by atoms with E-state index < -0.39 is 0 Å². The second kappa shape index (κ2) is 4.87. The van der Waals surface area contributed by atoms with E-state index in [1.807, 2.05) is 0 Å².